The predicted molar refractivity (Wildman–Crippen MR) is 116 cm³/mol. The summed E-state index contributed by atoms with van der Waals surface area (Å²) in [6, 6.07) is 16.6. The van der Waals surface area contributed by atoms with Crippen LogP contribution in [0.5, 0.6) is 5.75 Å². The lowest BCUT2D eigenvalue weighted by atomic mass is 10.2. The van der Waals surface area contributed by atoms with Crippen molar-refractivity contribution in [1.82, 2.24) is 0 Å². The molecule has 3 aromatic rings. The molecule has 1 amide bonds. The summed E-state index contributed by atoms with van der Waals surface area (Å²) in [6.45, 7) is -0.582. The van der Waals surface area contributed by atoms with Crippen LogP contribution in [0.1, 0.15) is 10.4 Å². The summed E-state index contributed by atoms with van der Waals surface area (Å²) in [4.78, 5) is 24.2. The fraction of sp³-hybridized carbons (Fsp3) is 0.0909. The molecule has 0 atom stereocenters. The second-order valence-corrected chi connectivity index (χ2v) is 8.15. The Morgan fingerprint density at radius 3 is 2.41 bits per heavy atom. The number of anilines is 2. The summed E-state index contributed by atoms with van der Waals surface area (Å²) >= 11 is 0. The van der Waals surface area contributed by atoms with Crippen molar-refractivity contribution in [2.75, 3.05) is 23.8 Å². The number of amides is 1. The van der Waals surface area contributed by atoms with Crippen molar-refractivity contribution in [2.45, 2.75) is 4.90 Å². The van der Waals surface area contributed by atoms with Gasteiger partial charge in [0.1, 0.15) is 11.6 Å². The number of sulfonamides is 1. The van der Waals surface area contributed by atoms with Crippen LogP contribution in [0.25, 0.3) is 0 Å². The van der Waals surface area contributed by atoms with E-state index in [1.165, 1.54) is 37.4 Å². The van der Waals surface area contributed by atoms with Gasteiger partial charge in [0.2, 0.25) is 0 Å². The first-order chi connectivity index (χ1) is 15.3. The molecule has 0 radical (unpaired) electrons. The molecule has 0 saturated carbocycles. The first-order valence-corrected chi connectivity index (χ1v) is 10.8. The van der Waals surface area contributed by atoms with Crippen molar-refractivity contribution in [1.29, 1.82) is 0 Å². The molecule has 0 aliphatic heterocycles. The van der Waals surface area contributed by atoms with Crippen molar-refractivity contribution in [3.8, 4) is 5.75 Å². The molecule has 32 heavy (non-hydrogen) atoms. The van der Waals surface area contributed by atoms with E-state index in [1.54, 1.807) is 24.3 Å². The number of hydrogen-bond acceptors (Lipinski definition) is 6. The molecule has 0 saturated heterocycles. The van der Waals surface area contributed by atoms with Gasteiger partial charge in [-0.1, -0.05) is 18.2 Å². The number of ether oxygens (including phenoxy) is 2. The molecule has 0 aromatic heterocycles. The lowest BCUT2D eigenvalue weighted by Gasteiger charge is -2.11. The highest BCUT2D eigenvalue weighted by Gasteiger charge is 2.18. The van der Waals surface area contributed by atoms with Gasteiger partial charge in [-0.25, -0.2) is 17.6 Å². The Kier molecular flexibility index (Phi) is 7.06. The van der Waals surface area contributed by atoms with Gasteiger partial charge >= 0.3 is 5.97 Å². The third kappa shape index (κ3) is 5.82. The van der Waals surface area contributed by atoms with Gasteiger partial charge in [-0.15, -0.1) is 0 Å². The molecule has 0 aliphatic carbocycles. The number of esters is 1. The van der Waals surface area contributed by atoms with Crippen LogP contribution in [-0.4, -0.2) is 34.0 Å². The number of methoxy groups -OCH3 is 1. The highest BCUT2D eigenvalue weighted by atomic mass is 32.2. The number of carbonyl (C=O) groups excluding carboxylic acids is 2. The van der Waals surface area contributed by atoms with E-state index < -0.39 is 34.3 Å². The van der Waals surface area contributed by atoms with Gasteiger partial charge in [0.25, 0.3) is 15.9 Å². The average Bonchev–Trinajstić information content (AvgIpc) is 2.79. The minimum atomic E-state index is -4.04. The van der Waals surface area contributed by atoms with E-state index in [0.717, 1.165) is 18.2 Å². The summed E-state index contributed by atoms with van der Waals surface area (Å²) < 4.78 is 50.5. The fourth-order valence-electron chi connectivity index (χ4n) is 2.67. The molecule has 3 rings (SSSR count). The van der Waals surface area contributed by atoms with Crippen LogP contribution < -0.4 is 14.8 Å². The molecule has 0 aliphatic rings. The maximum atomic E-state index is 13.0. The van der Waals surface area contributed by atoms with Gasteiger partial charge in [-0.2, -0.15) is 0 Å². The molecule has 0 heterocycles. The standard InChI is InChI=1S/C22H19FN2O6S/c1-30-20-8-3-2-7-19(20)24-21(26)14-31-22(27)15-5-4-6-18(13-15)32(28,29)25-17-11-9-16(23)10-12-17/h2-13,25H,14H2,1H3,(H,24,26). The van der Waals surface area contributed by atoms with Crippen molar-refractivity contribution >= 4 is 33.3 Å². The molecule has 0 unspecified atom stereocenters. The Balaban J connectivity index is 1.64. The molecule has 2 N–H and O–H groups in total. The summed E-state index contributed by atoms with van der Waals surface area (Å²) in [5, 5.41) is 2.56. The van der Waals surface area contributed by atoms with Gasteiger partial charge in [0, 0.05) is 5.69 Å². The lowest BCUT2D eigenvalue weighted by Crippen LogP contribution is -2.21. The molecular formula is C22H19FN2O6S. The molecule has 10 heteroatoms. The zero-order valence-corrected chi connectivity index (χ0v) is 17.7. The van der Waals surface area contributed by atoms with E-state index in [9.17, 15) is 22.4 Å². The third-order valence-corrected chi connectivity index (χ3v) is 5.57. The molecular weight excluding hydrogens is 439 g/mol. The van der Waals surface area contributed by atoms with Crippen molar-refractivity contribution in [3.63, 3.8) is 0 Å². The van der Waals surface area contributed by atoms with Crippen molar-refractivity contribution in [2.24, 2.45) is 0 Å². The summed E-state index contributed by atoms with van der Waals surface area (Å²) in [6.07, 6.45) is 0. The molecule has 0 fully saturated rings. The Morgan fingerprint density at radius 1 is 0.969 bits per heavy atom. The second-order valence-electron chi connectivity index (χ2n) is 6.46. The summed E-state index contributed by atoms with van der Waals surface area (Å²) in [5.41, 5.74) is 0.514. The molecule has 166 valence electrons. The van der Waals surface area contributed by atoms with Crippen LogP contribution in [0.2, 0.25) is 0 Å². The van der Waals surface area contributed by atoms with E-state index in [4.69, 9.17) is 9.47 Å². The molecule has 0 bridgehead atoms. The Labute approximate surface area is 184 Å². The molecule has 3 aromatic carbocycles. The summed E-state index contributed by atoms with van der Waals surface area (Å²) in [5.74, 6) is -1.53. The zero-order valence-electron chi connectivity index (χ0n) is 16.9. The molecule has 8 nitrogen and oxygen atoms in total. The third-order valence-electron chi connectivity index (χ3n) is 4.19. The van der Waals surface area contributed by atoms with Crippen molar-refractivity contribution in [3.05, 3.63) is 84.2 Å². The van der Waals surface area contributed by atoms with Crippen molar-refractivity contribution < 1.29 is 31.9 Å². The highest BCUT2D eigenvalue weighted by Crippen LogP contribution is 2.23. The van der Waals surface area contributed by atoms with Gasteiger partial charge in [0.05, 0.1) is 23.3 Å². The number of para-hydroxylation sites is 2. The quantitative estimate of drug-likeness (QED) is 0.501. The first-order valence-electron chi connectivity index (χ1n) is 9.27. The Bertz CT molecular complexity index is 1230. The second kappa shape index (κ2) is 9.92. The predicted octanol–water partition coefficient (Wildman–Crippen LogP) is 3.43. The number of rotatable bonds is 8. The smallest absolute Gasteiger partial charge is 0.338 e. The fourth-order valence-corrected chi connectivity index (χ4v) is 3.77. The lowest BCUT2D eigenvalue weighted by molar-refractivity contribution is -0.119. The van der Waals surface area contributed by atoms with Crippen LogP contribution in [0.4, 0.5) is 15.8 Å². The number of halogens is 1. The van der Waals surface area contributed by atoms with Gasteiger partial charge in [-0.05, 0) is 54.6 Å². The van der Waals surface area contributed by atoms with E-state index >= 15 is 0 Å². The monoisotopic (exact) mass is 458 g/mol. The van der Waals surface area contributed by atoms with Crippen LogP contribution in [0.3, 0.4) is 0 Å². The zero-order chi connectivity index (χ0) is 23.1. The highest BCUT2D eigenvalue weighted by molar-refractivity contribution is 7.92. The first kappa shape index (κ1) is 22.8. The number of carbonyl (C=O) groups is 2. The van der Waals surface area contributed by atoms with E-state index in [-0.39, 0.29) is 16.1 Å². The number of benzene rings is 3. The SMILES string of the molecule is COc1ccccc1NC(=O)COC(=O)c1cccc(S(=O)(=O)Nc2ccc(F)cc2)c1. The minimum Gasteiger partial charge on any atom is -0.495 e. The molecule has 0 spiro atoms. The van der Waals surface area contributed by atoms with Gasteiger partial charge in [-0.3, -0.25) is 9.52 Å². The van der Waals surface area contributed by atoms with Gasteiger partial charge in [0.15, 0.2) is 6.61 Å². The normalized spacial score (nSPS) is 10.8. The van der Waals surface area contributed by atoms with E-state index in [0.29, 0.717) is 11.4 Å². The van der Waals surface area contributed by atoms with Crippen LogP contribution in [-0.2, 0) is 19.6 Å². The maximum absolute atomic E-state index is 13.0. The minimum absolute atomic E-state index is 0.0583. The Hall–Kier alpha value is -3.92. The number of nitrogens with one attached hydrogen (secondary N) is 2. The van der Waals surface area contributed by atoms with E-state index in [1.807, 2.05) is 0 Å². The summed E-state index contributed by atoms with van der Waals surface area (Å²) in [7, 11) is -2.58. The van der Waals surface area contributed by atoms with Gasteiger partial charge < -0.3 is 14.8 Å². The van der Waals surface area contributed by atoms with Crippen LogP contribution in [0, 0.1) is 5.82 Å². The topological polar surface area (TPSA) is 111 Å². The van der Waals surface area contributed by atoms with E-state index in [2.05, 4.69) is 10.0 Å². The maximum Gasteiger partial charge on any atom is 0.338 e. The largest absolute Gasteiger partial charge is 0.495 e. The average molecular weight is 458 g/mol. The van der Waals surface area contributed by atoms with Crippen LogP contribution >= 0.6 is 0 Å². The van der Waals surface area contributed by atoms with Crippen LogP contribution in [0.15, 0.2) is 77.7 Å². The Morgan fingerprint density at radius 2 is 1.69 bits per heavy atom. The number of hydrogen-bond donors (Lipinski definition) is 2.